The highest BCUT2D eigenvalue weighted by atomic mass is 16.5. The Balaban J connectivity index is 2.14. The number of aromatic nitrogens is 1. The molecule has 0 unspecified atom stereocenters. The zero-order valence-electron chi connectivity index (χ0n) is 8.04. The Morgan fingerprint density at radius 1 is 1.58 bits per heavy atom. The van der Waals surface area contributed by atoms with Crippen LogP contribution in [-0.4, -0.2) is 31.3 Å². The van der Waals surface area contributed by atoms with Gasteiger partial charge in [0, 0.05) is 13.1 Å². The van der Waals surface area contributed by atoms with Crippen LogP contribution in [-0.2, 0) is 4.74 Å². The SMILES string of the molecule is [2H]c1oc(N2CCOCC2)nc1C. The van der Waals surface area contributed by atoms with Gasteiger partial charge >= 0.3 is 0 Å². The van der Waals surface area contributed by atoms with Crippen molar-refractivity contribution in [3.63, 3.8) is 0 Å². The minimum absolute atomic E-state index is 0.154. The lowest BCUT2D eigenvalue weighted by Gasteiger charge is -2.24. The second-order valence-corrected chi connectivity index (χ2v) is 2.78. The molecule has 0 radical (unpaired) electrons. The van der Waals surface area contributed by atoms with E-state index in [0.717, 1.165) is 13.1 Å². The van der Waals surface area contributed by atoms with Crippen molar-refractivity contribution in [2.75, 3.05) is 31.2 Å². The van der Waals surface area contributed by atoms with Gasteiger partial charge in [0.15, 0.2) is 0 Å². The fourth-order valence-corrected chi connectivity index (χ4v) is 1.20. The lowest BCUT2D eigenvalue weighted by molar-refractivity contribution is 0.120. The van der Waals surface area contributed by atoms with Crippen LogP contribution in [0.3, 0.4) is 0 Å². The molecule has 4 heteroatoms. The van der Waals surface area contributed by atoms with Crippen molar-refractivity contribution in [2.45, 2.75) is 6.92 Å². The minimum atomic E-state index is 0.154. The van der Waals surface area contributed by atoms with E-state index in [1.165, 1.54) is 0 Å². The molecule has 0 aliphatic carbocycles. The normalized spacial score (nSPS) is 19.4. The van der Waals surface area contributed by atoms with Gasteiger partial charge in [-0.3, -0.25) is 0 Å². The molecular formula is C8H12N2O2. The number of ether oxygens (including phenoxy) is 1. The minimum Gasteiger partial charge on any atom is -0.432 e. The Morgan fingerprint density at radius 3 is 2.92 bits per heavy atom. The topological polar surface area (TPSA) is 38.5 Å². The first-order valence-electron chi connectivity index (χ1n) is 4.54. The van der Waals surface area contributed by atoms with E-state index in [-0.39, 0.29) is 6.24 Å². The Labute approximate surface area is 72.5 Å². The summed E-state index contributed by atoms with van der Waals surface area (Å²) in [7, 11) is 0. The van der Waals surface area contributed by atoms with Crippen LogP contribution in [0.2, 0.25) is 0 Å². The molecule has 1 saturated heterocycles. The Bertz CT molecular complexity index is 275. The third-order valence-electron chi connectivity index (χ3n) is 1.83. The van der Waals surface area contributed by atoms with Crippen molar-refractivity contribution in [3.05, 3.63) is 11.9 Å². The van der Waals surface area contributed by atoms with E-state index >= 15 is 0 Å². The summed E-state index contributed by atoms with van der Waals surface area (Å²) in [5.74, 6) is 0. The molecule has 2 rings (SSSR count). The molecule has 0 atom stereocenters. The molecule has 4 nitrogen and oxygen atoms in total. The van der Waals surface area contributed by atoms with E-state index in [2.05, 4.69) is 4.98 Å². The monoisotopic (exact) mass is 169 g/mol. The van der Waals surface area contributed by atoms with Crippen LogP contribution < -0.4 is 4.90 Å². The van der Waals surface area contributed by atoms with Gasteiger partial charge in [-0.05, 0) is 6.92 Å². The van der Waals surface area contributed by atoms with Gasteiger partial charge in [0.1, 0.15) is 7.61 Å². The van der Waals surface area contributed by atoms with Gasteiger partial charge in [-0.1, -0.05) is 0 Å². The van der Waals surface area contributed by atoms with E-state index in [9.17, 15) is 0 Å². The number of oxazole rings is 1. The van der Waals surface area contributed by atoms with Crippen LogP contribution in [0.1, 0.15) is 7.06 Å². The van der Waals surface area contributed by atoms with E-state index in [0.29, 0.717) is 24.9 Å². The van der Waals surface area contributed by atoms with Gasteiger partial charge in [0.2, 0.25) is 0 Å². The average Bonchev–Trinajstić information content (AvgIpc) is 2.49. The number of anilines is 1. The molecule has 0 amide bonds. The molecule has 1 aliphatic heterocycles. The number of nitrogens with zero attached hydrogens (tertiary/aromatic N) is 2. The number of morpholine rings is 1. The standard InChI is InChI=1S/C8H12N2O2/c1-7-6-12-8(9-7)10-2-4-11-5-3-10/h6H,2-5H2,1H3/i6D. The van der Waals surface area contributed by atoms with Crippen molar-refractivity contribution in [1.29, 1.82) is 0 Å². The fourth-order valence-electron chi connectivity index (χ4n) is 1.20. The van der Waals surface area contributed by atoms with Gasteiger partial charge in [0.05, 0.1) is 18.9 Å². The highest BCUT2D eigenvalue weighted by Crippen LogP contribution is 2.13. The largest absolute Gasteiger partial charge is 0.432 e. The third-order valence-corrected chi connectivity index (χ3v) is 1.83. The van der Waals surface area contributed by atoms with E-state index in [1.54, 1.807) is 6.92 Å². The summed E-state index contributed by atoms with van der Waals surface area (Å²) in [5.41, 5.74) is 0.640. The van der Waals surface area contributed by atoms with Crippen LogP contribution in [0.25, 0.3) is 0 Å². The summed E-state index contributed by atoms with van der Waals surface area (Å²) in [6.07, 6.45) is 0.154. The predicted octanol–water partition coefficient (Wildman–Crippen LogP) is 0.820. The maximum atomic E-state index is 7.37. The smallest absolute Gasteiger partial charge is 0.297 e. The summed E-state index contributed by atoms with van der Waals surface area (Å²) in [6.45, 7) is 4.76. The molecule has 0 spiro atoms. The third kappa shape index (κ3) is 1.43. The lowest BCUT2D eigenvalue weighted by Crippen LogP contribution is -2.36. The van der Waals surface area contributed by atoms with Crippen LogP contribution in [0.5, 0.6) is 0 Å². The number of rotatable bonds is 1. The molecule has 12 heavy (non-hydrogen) atoms. The van der Waals surface area contributed by atoms with Crippen molar-refractivity contribution in [3.8, 4) is 0 Å². The molecule has 1 aromatic rings. The van der Waals surface area contributed by atoms with Crippen LogP contribution in [0.15, 0.2) is 10.7 Å². The van der Waals surface area contributed by atoms with Gasteiger partial charge in [-0.15, -0.1) is 0 Å². The summed E-state index contributed by atoms with van der Waals surface area (Å²) in [5, 5.41) is 0. The maximum absolute atomic E-state index is 7.37. The van der Waals surface area contributed by atoms with Gasteiger partial charge in [-0.25, -0.2) is 0 Å². The van der Waals surface area contributed by atoms with Crippen LogP contribution in [0.4, 0.5) is 6.01 Å². The summed E-state index contributed by atoms with van der Waals surface area (Å²) < 4.78 is 17.8. The summed E-state index contributed by atoms with van der Waals surface area (Å²) >= 11 is 0. The molecule has 66 valence electrons. The highest BCUT2D eigenvalue weighted by molar-refractivity contribution is 5.26. The quantitative estimate of drug-likeness (QED) is 0.624. The zero-order chi connectivity index (χ0) is 9.26. The van der Waals surface area contributed by atoms with Gasteiger partial charge in [0.25, 0.3) is 6.01 Å². The van der Waals surface area contributed by atoms with Crippen molar-refractivity contribution in [2.24, 2.45) is 0 Å². The molecule has 1 fully saturated rings. The van der Waals surface area contributed by atoms with Crippen LogP contribution >= 0.6 is 0 Å². The Morgan fingerprint density at radius 2 is 2.33 bits per heavy atom. The second kappa shape index (κ2) is 3.15. The zero-order valence-corrected chi connectivity index (χ0v) is 7.04. The molecule has 0 saturated carbocycles. The van der Waals surface area contributed by atoms with Gasteiger partial charge < -0.3 is 14.1 Å². The molecule has 0 aromatic carbocycles. The van der Waals surface area contributed by atoms with Crippen molar-refractivity contribution >= 4 is 6.01 Å². The molecule has 0 bridgehead atoms. The number of aryl methyl sites for hydroxylation is 1. The Hall–Kier alpha value is -1.03. The van der Waals surface area contributed by atoms with Crippen LogP contribution in [0, 0.1) is 6.92 Å². The van der Waals surface area contributed by atoms with E-state index in [1.807, 2.05) is 4.90 Å². The van der Waals surface area contributed by atoms with E-state index < -0.39 is 0 Å². The first kappa shape index (κ1) is 6.48. The van der Waals surface area contributed by atoms with Crippen molar-refractivity contribution in [1.82, 2.24) is 4.98 Å². The van der Waals surface area contributed by atoms with Gasteiger partial charge in [-0.2, -0.15) is 4.98 Å². The average molecular weight is 169 g/mol. The molecule has 1 aromatic heterocycles. The summed E-state index contributed by atoms with van der Waals surface area (Å²) in [6, 6.07) is 0.547. The maximum Gasteiger partial charge on any atom is 0.297 e. The molecule has 2 heterocycles. The second-order valence-electron chi connectivity index (χ2n) is 2.78. The van der Waals surface area contributed by atoms with E-state index in [4.69, 9.17) is 10.5 Å². The summed E-state index contributed by atoms with van der Waals surface area (Å²) in [4.78, 5) is 6.14. The molecule has 1 aliphatic rings. The predicted molar refractivity (Wildman–Crippen MR) is 44.3 cm³/mol. The fraction of sp³-hybridized carbons (Fsp3) is 0.625. The first-order chi connectivity index (χ1) is 6.27. The number of hydrogen-bond donors (Lipinski definition) is 0. The Kier molecular flexibility index (Phi) is 1.70. The molecular weight excluding hydrogens is 156 g/mol. The molecule has 0 N–H and O–H groups in total. The van der Waals surface area contributed by atoms with Crippen molar-refractivity contribution < 1.29 is 10.5 Å². The lowest BCUT2D eigenvalue weighted by atomic mass is 10.4. The highest BCUT2D eigenvalue weighted by Gasteiger charge is 2.14. The number of hydrogen-bond acceptors (Lipinski definition) is 4. The first-order valence-corrected chi connectivity index (χ1v) is 4.04.